The summed E-state index contributed by atoms with van der Waals surface area (Å²) in [6.45, 7) is 0. The summed E-state index contributed by atoms with van der Waals surface area (Å²) in [5.41, 5.74) is 7.47. The van der Waals surface area contributed by atoms with Gasteiger partial charge >= 0.3 is 11.7 Å². The number of nitrogens with two attached hydrogens (primary N) is 1. The Bertz CT molecular complexity index is 658. The van der Waals surface area contributed by atoms with Gasteiger partial charge in [0, 0.05) is 0 Å². The number of aromatic nitrogens is 2. The largest absolute Gasteiger partial charge is 0.480 e. The van der Waals surface area contributed by atoms with E-state index in [2.05, 4.69) is 9.97 Å². The second kappa shape index (κ2) is 4.87. The van der Waals surface area contributed by atoms with Gasteiger partial charge in [0.1, 0.15) is 6.04 Å². The maximum atomic E-state index is 11.2. The average Bonchev–Trinajstić information content (AvgIpc) is 2.67. The Morgan fingerprint density at radius 2 is 1.95 bits per heavy atom. The molecule has 102 valence electrons. The first kappa shape index (κ1) is 13.3. The van der Waals surface area contributed by atoms with E-state index >= 15 is 0 Å². The molecule has 0 radical (unpaired) electrons. The Kier molecular flexibility index (Phi) is 3.41. The van der Waals surface area contributed by atoms with Crippen molar-refractivity contribution in [3.8, 4) is 0 Å². The number of aromatic amines is 2. The van der Waals surface area contributed by atoms with Crippen LogP contribution in [0.1, 0.15) is 11.6 Å². The molecule has 2 rings (SSSR count). The van der Waals surface area contributed by atoms with E-state index in [4.69, 9.17) is 10.8 Å². The number of rotatable bonds is 4. The Morgan fingerprint density at radius 1 is 1.32 bits per heavy atom. The lowest BCUT2D eigenvalue weighted by Crippen LogP contribution is -2.43. The summed E-state index contributed by atoms with van der Waals surface area (Å²) < 4.78 is 0. The molecular formula is C12H16N4O3. The second-order valence-corrected chi connectivity index (χ2v) is 4.66. The fraction of sp³-hybridized carbons (Fsp3) is 0.333. The zero-order valence-electron chi connectivity index (χ0n) is 10.7. The number of hydrogen-bond donors (Lipinski definition) is 4. The van der Waals surface area contributed by atoms with Crippen LogP contribution in [0.25, 0.3) is 11.0 Å². The second-order valence-electron chi connectivity index (χ2n) is 4.66. The molecule has 0 fully saturated rings. The van der Waals surface area contributed by atoms with E-state index in [0.717, 1.165) is 5.56 Å². The van der Waals surface area contributed by atoms with E-state index in [1.54, 1.807) is 37.2 Å². The number of benzene rings is 1. The molecule has 2 aromatic rings. The zero-order valence-corrected chi connectivity index (χ0v) is 10.7. The zero-order chi connectivity index (χ0) is 14.2. The van der Waals surface area contributed by atoms with Crippen LogP contribution in [0.15, 0.2) is 23.0 Å². The van der Waals surface area contributed by atoms with Gasteiger partial charge in [-0.25, -0.2) is 4.79 Å². The molecule has 0 aliphatic heterocycles. The molecule has 0 aliphatic carbocycles. The van der Waals surface area contributed by atoms with Crippen molar-refractivity contribution in [1.29, 1.82) is 0 Å². The summed E-state index contributed by atoms with van der Waals surface area (Å²) in [4.78, 5) is 29.3. The van der Waals surface area contributed by atoms with Crippen molar-refractivity contribution in [2.45, 2.75) is 12.1 Å². The number of carboxylic acid groups (broad SMARTS) is 1. The first-order valence-electron chi connectivity index (χ1n) is 5.77. The minimum Gasteiger partial charge on any atom is -0.480 e. The Morgan fingerprint density at radius 3 is 2.53 bits per heavy atom. The lowest BCUT2D eigenvalue weighted by molar-refractivity contribution is -0.140. The highest BCUT2D eigenvalue weighted by molar-refractivity contribution is 5.77. The highest BCUT2D eigenvalue weighted by Crippen LogP contribution is 2.23. The molecule has 5 N–H and O–H groups in total. The van der Waals surface area contributed by atoms with Crippen molar-refractivity contribution in [3.63, 3.8) is 0 Å². The normalized spacial score (nSPS) is 14.7. The van der Waals surface area contributed by atoms with Gasteiger partial charge in [-0.3, -0.25) is 4.79 Å². The van der Waals surface area contributed by atoms with Crippen LogP contribution in [-0.4, -0.2) is 46.1 Å². The van der Waals surface area contributed by atoms with Crippen molar-refractivity contribution in [3.05, 3.63) is 34.2 Å². The molecule has 0 amide bonds. The summed E-state index contributed by atoms with van der Waals surface area (Å²) in [7, 11) is 3.52. The van der Waals surface area contributed by atoms with E-state index in [0.29, 0.717) is 11.0 Å². The maximum absolute atomic E-state index is 11.2. The molecular weight excluding hydrogens is 248 g/mol. The fourth-order valence-corrected chi connectivity index (χ4v) is 2.20. The molecule has 19 heavy (non-hydrogen) atoms. The number of likely N-dealkylation sites (N-methyl/N-ethyl adjacent to an activating group) is 1. The van der Waals surface area contributed by atoms with Gasteiger partial charge in [-0.1, -0.05) is 6.07 Å². The predicted octanol–water partition coefficient (Wildman–Crippen LogP) is -0.129. The van der Waals surface area contributed by atoms with Gasteiger partial charge in [0.05, 0.1) is 17.1 Å². The first-order chi connectivity index (χ1) is 8.90. The molecule has 2 atom stereocenters. The van der Waals surface area contributed by atoms with E-state index in [9.17, 15) is 9.59 Å². The van der Waals surface area contributed by atoms with Gasteiger partial charge in [0.15, 0.2) is 0 Å². The lowest BCUT2D eigenvalue weighted by atomic mass is 9.98. The predicted molar refractivity (Wildman–Crippen MR) is 71.0 cm³/mol. The van der Waals surface area contributed by atoms with Gasteiger partial charge in [0.25, 0.3) is 0 Å². The summed E-state index contributed by atoms with van der Waals surface area (Å²) in [6, 6.07) is 3.71. The maximum Gasteiger partial charge on any atom is 0.323 e. The van der Waals surface area contributed by atoms with E-state index in [-0.39, 0.29) is 5.69 Å². The first-order valence-corrected chi connectivity index (χ1v) is 5.77. The van der Waals surface area contributed by atoms with Gasteiger partial charge < -0.3 is 25.7 Å². The van der Waals surface area contributed by atoms with Gasteiger partial charge in [0.2, 0.25) is 0 Å². The monoisotopic (exact) mass is 264 g/mol. The van der Waals surface area contributed by atoms with Crippen molar-refractivity contribution >= 4 is 17.0 Å². The molecule has 0 saturated heterocycles. The fourth-order valence-electron chi connectivity index (χ4n) is 2.20. The third-order valence-corrected chi connectivity index (χ3v) is 3.06. The van der Waals surface area contributed by atoms with E-state index in [1.807, 2.05) is 0 Å². The number of carboxylic acids is 1. The summed E-state index contributed by atoms with van der Waals surface area (Å²) >= 11 is 0. The molecule has 1 heterocycles. The number of H-pyrrole nitrogens is 2. The summed E-state index contributed by atoms with van der Waals surface area (Å²) in [5, 5.41) is 9.06. The number of hydrogen-bond acceptors (Lipinski definition) is 4. The molecule has 0 bridgehead atoms. The van der Waals surface area contributed by atoms with Crippen LogP contribution >= 0.6 is 0 Å². The molecule has 1 aromatic heterocycles. The molecule has 2 unspecified atom stereocenters. The van der Waals surface area contributed by atoms with Crippen LogP contribution in [0.5, 0.6) is 0 Å². The minimum atomic E-state index is -1.07. The number of carbonyl (C=O) groups is 1. The van der Waals surface area contributed by atoms with Crippen molar-refractivity contribution in [1.82, 2.24) is 14.9 Å². The van der Waals surface area contributed by atoms with Crippen LogP contribution in [0, 0.1) is 0 Å². The number of imidazole rings is 1. The van der Waals surface area contributed by atoms with E-state index < -0.39 is 18.1 Å². The standard InChI is InChI=1S/C12H16N4O3/c1-16(2)10(9(13)11(17)18)6-3-4-7-8(5-6)15-12(19)14-7/h3-5,9-10H,13H2,1-2H3,(H,17,18)(H2,14,15,19). The molecule has 0 saturated carbocycles. The Hall–Kier alpha value is -2.12. The molecule has 7 nitrogen and oxygen atoms in total. The SMILES string of the molecule is CN(C)C(c1ccc2[nH]c(=O)[nH]c2c1)C(N)C(=O)O. The third-order valence-electron chi connectivity index (χ3n) is 3.06. The average molecular weight is 264 g/mol. The van der Waals surface area contributed by atoms with Crippen LogP contribution in [0.3, 0.4) is 0 Å². The number of nitrogens with one attached hydrogen (secondary N) is 2. The van der Waals surface area contributed by atoms with Crippen molar-refractivity contribution in [2.75, 3.05) is 14.1 Å². The quantitative estimate of drug-likeness (QED) is 0.614. The molecule has 7 heteroatoms. The minimum absolute atomic E-state index is 0.295. The van der Waals surface area contributed by atoms with Crippen LogP contribution in [0.2, 0.25) is 0 Å². The Labute approximate surface area is 109 Å². The molecule has 0 aliphatic rings. The van der Waals surface area contributed by atoms with Gasteiger partial charge in [-0.15, -0.1) is 0 Å². The smallest absolute Gasteiger partial charge is 0.323 e. The summed E-state index contributed by atoms with van der Waals surface area (Å²) in [5.74, 6) is -1.07. The topological polar surface area (TPSA) is 115 Å². The van der Waals surface area contributed by atoms with Gasteiger partial charge in [-0.2, -0.15) is 0 Å². The highest BCUT2D eigenvalue weighted by atomic mass is 16.4. The van der Waals surface area contributed by atoms with Crippen molar-refractivity contribution in [2.24, 2.45) is 5.73 Å². The van der Waals surface area contributed by atoms with Crippen LogP contribution in [0.4, 0.5) is 0 Å². The molecule has 1 aromatic carbocycles. The lowest BCUT2D eigenvalue weighted by Gasteiger charge is -2.27. The van der Waals surface area contributed by atoms with Crippen molar-refractivity contribution < 1.29 is 9.90 Å². The van der Waals surface area contributed by atoms with E-state index in [1.165, 1.54) is 0 Å². The number of fused-ring (bicyclic) bond motifs is 1. The van der Waals surface area contributed by atoms with Gasteiger partial charge in [-0.05, 0) is 31.8 Å². The highest BCUT2D eigenvalue weighted by Gasteiger charge is 2.27. The molecule has 0 spiro atoms. The summed E-state index contributed by atoms with van der Waals surface area (Å²) in [6.07, 6.45) is 0. The Balaban J connectivity index is 2.49. The number of aliphatic carboxylic acids is 1. The van der Waals surface area contributed by atoms with Crippen LogP contribution < -0.4 is 11.4 Å². The third kappa shape index (κ3) is 2.51. The van der Waals surface area contributed by atoms with Crippen LogP contribution in [-0.2, 0) is 4.79 Å². The number of nitrogens with zero attached hydrogens (tertiary/aromatic N) is 1.